The summed E-state index contributed by atoms with van der Waals surface area (Å²) >= 11 is 5.98. The molecule has 0 aliphatic rings. The number of hydrogen-bond donors (Lipinski definition) is 1. The summed E-state index contributed by atoms with van der Waals surface area (Å²) in [7, 11) is 0. The quantitative estimate of drug-likeness (QED) is 0.408. The Bertz CT molecular complexity index is 1160. The van der Waals surface area contributed by atoms with Gasteiger partial charge in [0.1, 0.15) is 0 Å². The van der Waals surface area contributed by atoms with Crippen molar-refractivity contribution in [3.63, 3.8) is 0 Å². The minimum Gasteiger partial charge on any atom is -0.267 e. The zero-order valence-electron chi connectivity index (χ0n) is 14.7. The molecule has 0 bridgehead atoms. The highest BCUT2D eigenvalue weighted by Crippen LogP contribution is 2.25. The third-order valence-corrected chi connectivity index (χ3v) is 4.40. The van der Waals surface area contributed by atoms with Crippen LogP contribution in [0.1, 0.15) is 16.1 Å². The summed E-state index contributed by atoms with van der Waals surface area (Å²) in [6.45, 7) is 0. The number of aromatic nitrogens is 2. The molecule has 2 aromatic heterocycles. The molecule has 4 rings (SSSR count). The second-order valence-corrected chi connectivity index (χ2v) is 6.47. The maximum atomic E-state index is 12.8. The molecule has 0 aliphatic heterocycles. The van der Waals surface area contributed by atoms with Crippen molar-refractivity contribution in [2.45, 2.75) is 0 Å². The van der Waals surface area contributed by atoms with Gasteiger partial charge in [-0.05, 0) is 36.4 Å². The number of halogens is 1. The van der Waals surface area contributed by atoms with Crippen LogP contribution in [0.5, 0.6) is 0 Å². The van der Waals surface area contributed by atoms with Crippen LogP contribution in [-0.2, 0) is 0 Å². The minimum atomic E-state index is -0.319. The fourth-order valence-corrected chi connectivity index (χ4v) is 2.93. The Hall–Kier alpha value is -3.57. The molecule has 1 amide bonds. The third-order valence-electron chi connectivity index (χ3n) is 4.15. The lowest BCUT2D eigenvalue weighted by molar-refractivity contribution is 0.0956. The summed E-state index contributed by atoms with van der Waals surface area (Å²) in [5, 5.41) is 5.41. The molecule has 0 atom stereocenters. The molecule has 1 N–H and O–H groups in total. The zero-order chi connectivity index (χ0) is 19.3. The van der Waals surface area contributed by atoms with E-state index in [0.717, 1.165) is 16.5 Å². The predicted octanol–water partition coefficient (Wildman–Crippen LogP) is 4.71. The van der Waals surface area contributed by atoms with Gasteiger partial charge < -0.3 is 0 Å². The van der Waals surface area contributed by atoms with Gasteiger partial charge in [0.25, 0.3) is 5.91 Å². The van der Waals surface area contributed by atoms with Crippen LogP contribution in [0.4, 0.5) is 0 Å². The maximum Gasteiger partial charge on any atom is 0.272 e. The Labute approximate surface area is 166 Å². The monoisotopic (exact) mass is 386 g/mol. The number of carbonyl (C=O) groups excluding carboxylic acids is 1. The van der Waals surface area contributed by atoms with Crippen molar-refractivity contribution in [3.05, 3.63) is 95.3 Å². The fourth-order valence-electron chi connectivity index (χ4n) is 2.80. The molecular formula is C22H15ClN4O. The molecule has 28 heavy (non-hydrogen) atoms. The number of carbonyl (C=O) groups is 1. The number of pyridine rings is 2. The Kier molecular flexibility index (Phi) is 5.08. The van der Waals surface area contributed by atoms with E-state index >= 15 is 0 Å². The van der Waals surface area contributed by atoms with Crippen molar-refractivity contribution in [1.29, 1.82) is 0 Å². The summed E-state index contributed by atoms with van der Waals surface area (Å²) < 4.78 is 0. The Balaban J connectivity index is 1.69. The number of hydrazone groups is 1. The molecule has 0 radical (unpaired) electrons. The van der Waals surface area contributed by atoms with Gasteiger partial charge in [0.2, 0.25) is 0 Å². The number of nitrogens with one attached hydrogen (secondary N) is 1. The molecule has 6 heteroatoms. The Morgan fingerprint density at radius 3 is 2.57 bits per heavy atom. The molecule has 0 saturated carbocycles. The van der Waals surface area contributed by atoms with E-state index < -0.39 is 0 Å². The van der Waals surface area contributed by atoms with Crippen LogP contribution in [0.25, 0.3) is 22.2 Å². The van der Waals surface area contributed by atoms with Gasteiger partial charge >= 0.3 is 0 Å². The van der Waals surface area contributed by atoms with E-state index in [9.17, 15) is 4.79 Å². The topological polar surface area (TPSA) is 67.2 Å². The average molecular weight is 387 g/mol. The van der Waals surface area contributed by atoms with E-state index in [1.54, 1.807) is 30.5 Å². The molecule has 0 saturated heterocycles. The molecule has 2 heterocycles. The van der Waals surface area contributed by atoms with Crippen LogP contribution >= 0.6 is 11.6 Å². The highest BCUT2D eigenvalue weighted by Gasteiger charge is 2.13. The van der Waals surface area contributed by atoms with Crippen LogP contribution < -0.4 is 5.43 Å². The fraction of sp³-hybridized carbons (Fsp3) is 0. The number of hydrogen-bond acceptors (Lipinski definition) is 4. The van der Waals surface area contributed by atoms with Gasteiger partial charge in [0, 0.05) is 22.2 Å². The first-order valence-electron chi connectivity index (χ1n) is 8.61. The van der Waals surface area contributed by atoms with Crippen LogP contribution in [0.3, 0.4) is 0 Å². The van der Waals surface area contributed by atoms with Gasteiger partial charge in [0.05, 0.1) is 28.7 Å². The van der Waals surface area contributed by atoms with Crippen molar-refractivity contribution in [2.75, 3.05) is 0 Å². The number of nitrogens with zero attached hydrogens (tertiary/aromatic N) is 3. The van der Waals surface area contributed by atoms with Gasteiger partial charge in [-0.25, -0.2) is 10.4 Å². The standard InChI is InChI=1S/C22H15ClN4O/c23-16-10-8-15(9-11-16)21-13-19(18-6-1-2-7-20(18)26-21)22(28)27-25-14-17-5-3-4-12-24-17/h1-14H,(H,27,28). The molecule has 0 fully saturated rings. The van der Waals surface area contributed by atoms with E-state index in [4.69, 9.17) is 11.6 Å². The van der Waals surface area contributed by atoms with Crippen LogP contribution in [-0.4, -0.2) is 22.1 Å². The molecule has 0 spiro atoms. The minimum absolute atomic E-state index is 0.319. The van der Waals surface area contributed by atoms with E-state index in [-0.39, 0.29) is 5.91 Å². The number of fused-ring (bicyclic) bond motifs is 1. The van der Waals surface area contributed by atoms with Gasteiger partial charge in [-0.2, -0.15) is 5.10 Å². The predicted molar refractivity (Wildman–Crippen MR) is 111 cm³/mol. The van der Waals surface area contributed by atoms with Crippen molar-refractivity contribution in [3.8, 4) is 11.3 Å². The van der Waals surface area contributed by atoms with Crippen LogP contribution in [0.2, 0.25) is 5.02 Å². The van der Waals surface area contributed by atoms with Crippen molar-refractivity contribution < 1.29 is 4.79 Å². The lowest BCUT2D eigenvalue weighted by atomic mass is 10.0. The molecule has 136 valence electrons. The first-order chi connectivity index (χ1) is 13.7. The smallest absolute Gasteiger partial charge is 0.267 e. The Morgan fingerprint density at radius 1 is 1.00 bits per heavy atom. The van der Waals surface area contributed by atoms with Gasteiger partial charge in [-0.1, -0.05) is 48.0 Å². The number of para-hydroxylation sites is 1. The largest absolute Gasteiger partial charge is 0.272 e. The summed E-state index contributed by atoms with van der Waals surface area (Å²) in [6, 6.07) is 22.1. The zero-order valence-corrected chi connectivity index (χ0v) is 15.5. The van der Waals surface area contributed by atoms with Crippen molar-refractivity contribution in [2.24, 2.45) is 5.10 Å². The number of amides is 1. The van der Waals surface area contributed by atoms with E-state index in [0.29, 0.717) is 22.0 Å². The highest BCUT2D eigenvalue weighted by molar-refractivity contribution is 6.30. The average Bonchev–Trinajstić information content (AvgIpc) is 2.74. The molecular weight excluding hydrogens is 372 g/mol. The lowest BCUT2D eigenvalue weighted by Crippen LogP contribution is -2.18. The van der Waals surface area contributed by atoms with E-state index in [2.05, 4.69) is 20.5 Å². The van der Waals surface area contributed by atoms with Crippen molar-refractivity contribution in [1.82, 2.24) is 15.4 Å². The molecule has 5 nitrogen and oxygen atoms in total. The highest BCUT2D eigenvalue weighted by atomic mass is 35.5. The third kappa shape index (κ3) is 3.89. The van der Waals surface area contributed by atoms with Crippen molar-refractivity contribution >= 4 is 34.6 Å². The van der Waals surface area contributed by atoms with E-state index in [1.165, 1.54) is 6.21 Å². The molecule has 4 aromatic rings. The lowest BCUT2D eigenvalue weighted by Gasteiger charge is -2.09. The second kappa shape index (κ2) is 7.98. The first-order valence-corrected chi connectivity index (χ1v) is 8.99. The van der Waals surface area contributed by atoms with Gasteiger partial charge in [-0.15, -0.1) is 0 Å². The number of rotatable bonds is 4. The van der Waals surface area contributed by atoms with Crippen LogP contribution in [0.15, 0.2) is 84.1 Å². The molecule has 0 aliphatic carbocycles. The first kappa shape index (κ1) is 17.8. The SMILES string of the molecule is O=C(NN=Cc1ccccn1)c1cc(-c2ccc(Cl)cc2)nc2ccccc12. The summed E-state index contributed by atoms with van der Waals surface area (Å²) in [6.07, 6.45) is 3.17. The maximum absolute atomic E-state index is 12.8. The van der Waals surface area contributed by atoms with E-state index in [1.807, 2.05) is 48.5 Å². The van der Waals surface area contributed by atoms with Gasteiger partial charge in [0.15, 0.2) is 0 Å². The second-order valence-electron chi connectivity index (χ2n) is 6.03. The Morgan fingerprint density at radius 2 is 1.79 bits per heavy atom. The van der Waals surface area contributed by atoms with Gasteiger partial charge in [-0.3, -0.25) is 9.78 Å². The normalized spacial score (nSPS) is 11.0. The number of benzene rings is 2. The molecule has 2 aromatic carbocycles. The summed E-state index contributed by atoms with van der Waals surface area (Å²) in [4.78, 5) is 21.6. The molecule has 0 unspecified atom stereocenters. The summed E-state index contributed by atoms with van der Waals surface area (Å²) in [5.41, 5.74) is 6.02. The summed E-state index contributed by atoms with van der Waals surface area (Å²) in [5.74, 6) is -0.319. The van der Waals surface area contributed by atoms with Crippen LogP contribution in [0, 0.1) is 0 Å².